The number of aryl methyl sites for hydroxylation is 1. The van der Waals surface area contributed by atoms with Crippen LogP contribution in [0, 0.1) is 18.3 Å². The molecule has 0 radical (unpaired) electrons. The van der Waals surface area contributed by atoms with Gasteiger partial charge in [0.25, 0.3) is 0 Å². The van der Waals surface area contributed by atoms with Gasteiger partial charge in [0.15, 0.2) is 0 Å². The smallest absolute Gasteiger partial charge is 0.207 e. The largest absolute Gasteiger partial charge is 0.243 e. The quantitative estimate of drug-likeness (QED) is 0.775. The topological polar surface area (TPSA) is 61.2 Å². The van der Waals surface area contributed by atoms with Crippen LogP contribution in [0.1, 0.15) is 24.0 Å². The van der Waals surface area contributed by atoms with Crippen LogP contribution in [0.25, 0.3) is 0 Å². The number of rotatable bonds is 5. The molecular weight excluding hydrogens is 260 g/mol. The zero-order valence-corrected chi connectivity index (χ0v) is 11.7. The van der Waals surface area contributed by atoms with Crippen LogP contribution < -0.4 is 0 Å². The molecule has 100 valence electrons. The molecule has 2 rings (SSSR count). The second-order valence-corrected chi connectivity index (χ2v) is 6.55. The zero-order chi connectivity index (χ0) is 14.0. The summed E-state index contributed by atoms with van der Waals surface area (Å²) >= 11 is 0. The number of hydrogen-bond donors (Lipinski definition) is 0. The lowest BCUT2D eigenvalue weighted by Gasteiger charge is -2.21. The van der Waals surface area contributed by atoms with Crippen molar-refractivity contribution in [1.82, 2.24) is 4.31 Å². The van der Waals surface area contributed by atoms with Crippen molar-refractivity contribution in [2.24, 2.45) is 0 Å². The molecule has 0 amide bonds. The highest BCUT2D eigenvalue weighted by atomic mass is 32.2. The van der Waals surface area contributed by atoms with E-state index in [0.29, 0.717) is 17.7 Å². The van der Waals surface area contributed by atoms with Gasteiger partial charge in [-0.25, -0.2) is 8.42 Å². The van der Waals surface area contributed by atoms with Gasteiger partial charge >= 0.3 is 0 Å². The van der Waals surface area contributed by atoms with E-state index < -0.39 is 10.0 Å². The third-order valence-corrected chi connectivity index (χ3v) is 5.23. The van der Waals surface area contributed by atoms with E-state index >= 15 is 0 Å². The van der Waals surface area contributed by atoms with Crippen LogP contribution >= 0.6 is 0 Å². The Kier molecular flexibility index (Phi) is 3.74. The third-order valence-electron chi connectivity index (χ3n) is 3.15. The van der Waals surface area contributed by atoms with Gasteiger partial charge in [-0.15, -0.1) is 6.58 Å². The molecular formula is C14H16N2O2S. The van der Waals surface area contributed by atoms with Gasteiger partial charge in [0, 0.05) is 12.6 Å². The molecule has 0 unspecified atom stereocenters. The van der Waals surface area contributed by atoms with E-state index in [2.05, 4.69) is 6.58 Å². The van der Waals surface area contributed by atoms with E-state index in [9.17, 15) is 8.42 Å². The van der Waals surface area contributed by atoms with E-state index in [4.69, 9.17) is 5.26 Å². The van der Waals surface area contributed by atoms with Gasteiger partial charge in [-0.3, -0.25) is 0 Å². The predicted octanol–water partition coefficient (Wildman–Crippen LogP) is 2.21. The molecule has 0 heterocycles. The molecule has 19 heavy (non-hydrogen) atoms. The van der Waals surface area contributed by atoms with Crippen molar-refractivity contribution in [2.45, 2.75) is 30.7 Å². The van der Waals surface area contributed by atoms with Crippen LogP contribution in [0.3, 0.4) is 0 Å². The van der Waals surface area contributed by atoms with E-state index in [1.54, 1.807) is 25.1 Å². The Balaban J connectivity index is 2.43. The summed E-state index contributed by atoms with van der Waals surface area (Å²) in [7, 11) is -3.50. The molecule has 1 aliphatic carbocycles. The molecule has 1 aliphatic rings. The van der Waals surface area contributed by atoms with Crippen LogP contribution in [-0.2, 0) is 10.0 Å². The molecule has 0 spiro atoms. The highest BCUT2D eigenvalue weighted by Gasteiger charge is 2.37. The predicted molar refractivity (Wildman–Crippen MR) is 73.0 cm³/mol. The maximum atomic E-state index is 12.6. The van der Waals surface area contributed by atoms with Gasteiger partial charge in [-0.05, 0) is 43.5 Å². The highest BCUT2D eigenvalue weighted by Crippen LogP contribution is 2.32. The summed E-state index contributed by atoms with van der Waals surface area (Å²) < 4.78 is 26.7. The van der Waals surface area contributed by atoms with Gasteiger partial charge in [0.05, 0.1) is 16.5 Å². The molecule has 1 aromatic rings. The van der Waals surface area contributed by atoms with Crippen molar-refractivity contribution >= 4 is 10.0 Å². The molecule has 0 aromatic heterocycles. The summed E-state index contributed by atoms with van der Waals surface area (Å²) in [6.07, 6.45) is 3.42. The fourth-order valence-corrected chi connectivity index (χ4v) is 3.93. The normalized spacial score (nSPS) is 15.2. The summed E-state index contributed by atoms with van der Waals surface area (Å²) in [6, 6.07) is 6.77. The molecule has 0 atom stereocenters. The van der Waals surface area contributed by atoms with Crippen LogP contribution in [0.5, 0.6) is 0 Å². The summed E-state index contributed by atoms with van der Waals surface area (Å²) in [5.74, 6) is 0. The average Bonchev–Trinajstić information content (AvgIpc) is 3.19. The van der Waals surface area contributed by atoms with Crippen LogP contribution in [0.4, 0.5) is 0 Å². The first-order valence-electron chi connectivity index (χ1n) is 6.14. The molecule has 1 fully saturated rings. The highest BCUT2D eigenvalue weighted by molar-refractivity contribution is 7.89. The van der Waals surface area contributed by atoms with Gasteiger partial charge in [0.1, 0.15) is 0 Å². The fourth-order valence-electron chi connectivity index (χ4n) is 2.07. The molecule has 0 N–H and O–H groups in total. The van der Waals surface area contributed by atoms with E-state index in [1.807, 2.05) is 6.07 Å². The maximum absolute atomic E-state index is 12.6. The summed E-state index contributed by atoms with van der Waals surface area (Å²) in [4.78, 5) is 0.278. The van der Waals surface area contributed by atoms with E-state index in [-0.39, 0.29) is 10.9 Å². The molecule has 0 saturated heterocycles. The number of nitriles is 1. The molecule has 1 aromatic carbocycles. The lowest BCUT2D eigenvalue weighted by molar-refractivity contribution is 0.435. The van der Waals surface area contributed by atoms with E-state index in [0.717, 1.165) is 12.8 Å². The monoisotopic (exact) mass is 276 g/mol. The molecule has 0 aliphatic heterocycles. The number of nitrogens with zero attached hydrogens (tertiary/aromatic N) is 2. The molecule has 5 heteroatoms. The second kappa shape index (κ2) is 5.16. The van der Waals surface area contributed by atoms with Crippen molar-refractivity contribution in [2.75, 3.05) is 6.54 Å². The SMILES string of the molecule is C=CCN(C1CC1)S(=O)(=O)c1ccc(C#N)cc1C. The lowest BCUT2D eigenvalue weighted by Crippen LogP contribution is -2.33. The van der Waals surface area contributed by atoms with E-state index in [1.165, 1.54) is 10.4 Å². The van der Waals surface area contributed by atoms with Gasteiger partial charge < -0.3 is 0 Å². The number of benzene rings is 1. The first kappa shape index (κ1) is 13.8. The third kappa shape index (κ3) is 2.70. The van der Waals surface area contributed by atoms with Crippen LogP contribution in [-0.4, -0.2) is 25.3 Å². The average molecular weight is 276 g/mol. The molecule has 0 bridgehead atoms. The molecule has 4 nitrogen and oxygen atoms in total. The first-order valence-corrected chi connectivity index (χ1v) is 7.58. The minimum absolute atomic E-state index is 0.0954. The Labute approximate surface area is 114 Å². The van der Waals surface area contributed by atoms with Crippen LogP contribution in [0.2, 0.25) is 0 Å². The van der Waals surface area contributed by atoms with Gasteiger partial charge in [-0.2, -0.15) is 9.57 Å². The minimum Gasteiger partial charge on any atom is -0.207 e. The lowest BCUT2D eigenvalue weighted by atomic mass is 10.2. The number of sulfonamides is 1. The van der Waals surface area contributed by atoms with Gasteiger partial charge in [-0.1, -0.05) is 6.08 Å². The Morgan fingerprint density at radius 2 is 2.21 bits per heavy atom. The van der Waals surface area contributed by atoms with Crippen LogP contribution in [0.15, 0.2) is 35.7 Å². The second-order valence-electron chi connectivity index (χ2n) is 4.69. The standard InChI is InChI=1S/C14H16N2O2S/c1-3-8-16(13-5-6-13)19(17,18)14-7-4-12(10-15)9-11(14)2/h3-4,7,9,13H,1,5-6,8H2,2H3. The van der Waals surface area contributed by atoms with Crippen molar-refractivity contribution in [1.29, 1.82) is 5.26 Å². The minimum atomic E-state index is -3.50. The fraction of sp³-hybridized carbons (Fsp3) is 0.357. The summed E-state index contributed by atoms with van der Waals surface area (Å²) in [5, 5.41) is 8.82. The maximum Gasteiger partial charge on any atom is 0.243 e. The summed E-state index contributed by atoms with van der Waals surface area (Å²) in [5.41, 5.74) is 1.08. The zero-order valence-electron chi connectivity index (χ0n) is 10.8. The van der Waals surface area contributed by atoms with Crippen molar-refractivity contribution in [3.63, 3.8) is 0 Å². The Bertz CT molecular complexity index is 640. The Hall–Kier alpha value is -1.64. The Morgan fingerprint density at radius 3 is 2.68 bits per heavy atom. The molecule has 1 saturated carbocycles. The van der Waals surface area contributed by atoms with Crippen molar-refractivity contribution < 1.29 is 8.42 Å². The Morgan fingerprint density at radius 1 is 1.53 bits per heavy atom. The van der Waals surface area contributed by atoms with Crippen molar-refractivity contribution in [3.05, 3.63) is 42.0 Å². The van der Waals surface area contributed by atoms with Crippen molar-refractivity contribution in [3.8, 4) is 6.07 Å². The number of hydrogen-bond acceptors (Lipinski definition) is 3. The summed E-state index contributed by atoms with van der Waals surface area (Å²) in [6.45, 7) is 5.66. The van der Waals surface area contributed by atoms with Gasteiger partial charge in [0.2, 0.25) is 10.0 Å². The first-order chi connectivity index (χ1) is 9.00.